The minimum absolute atomic E-state index is 0. The maximum Gasteiger partial charge on any atom is 0.243 e. The molecule has 0 spiro atoms. The van der Waals surface area contributed by atoms with E-state index >= 15 is 0 Å². The second kappa shape index (κ2) is 8.90. The van der Waals surface area contributed by atoms with E-state index in [1.165, 1.54) is 0 Å². The molecule has 1 aromatic carbocycles. The van der Waals surface area contributed by atoms with Crippen LogP contribution in [0.3, 0.4) is 0 Å². The second-order valence-corrected chi connectivity index (χ2v) is 9.33. The number of hydrogen-bond donors (Lipinski definition) is 1. The number of nitrogens with zero attached hydrogens (tertiary/aromatic N) is 2. The summed E-state index contributed by atoms with van der Waals surface area (Å²) in [5.74, 6) is 0.543. The molecule has 0 radical (unpaired) electrons. The highest BCUT2D eigenvalue weighted by Gasteiger charge is 2.33. The standard InChI is InChI=1S/C19H29N3O3S.ClH/c1-4-20-13-16-7-9-21(10-8-16)26(24,25)18-5-6-19-17(12-18)11-14(2)22(19)15(3)23;/h5-6,12,14,16,20H,4,7-11,13H2,1-3H3;1H. The summed E-state index contributed by atoms with van der Waals surface area (Å²) in [6, 6.07) is 5.26. The Hall–Kier alpha value is -1.15. The third kappa shape index (κ3) is 4.47. The molecule has 1 atom stereocenters. The van der Waals surface area contributed by atoms with Gasteiger partial charge in [-0.15, -0.1) is 12.4 Å². The first-order valence-corrected chi connectivity index (χ1v) is 10.9. The highest BCUT2D eigenvalue weighted by molar-refractivity contribution is 7.89. The fourth-order valence-electron chi connectivity index (χ4n) is 4.10. The van der Waals surface area contributed by atoms with E-state index in [1.807, 2.05) is 6.92 Å². The van der Waals surface area contributed by atoms with Crippen LogP contribution < -0.4 is 10.2 Å². The number of amides is 1. The van der Waals surface area contributed by atoms with E-state index in [9.17, 15) is 13.2 Å². The molecule has 2 heterocycles. The number of hydrogen-bond acceptors (Lipinski definition) is 4. The number of halogens is 1. The van der Waals surface area contributed by atoms with E-state index in [1.54, 1.807) is 34.3 Å². The third-order valence-electron chi connectivity index (χ3n) is 5.50. The Morgan fingerprint density at radius 1 is 1.26 bits per heavy atom. The fourth-order valence-corrected chi connectivity index (χ4v) is 5.62. The van der Waals surface area contributed by atoms with Crippen LogP contribution in [0.15, 0.2) is 23.1 Å². The molecule has 1 aromatic rings. The number of sulfonamides is 1. The quantitative estimate of drug-likeness (QED) is 0.801. The van der Waals surface area contributed by atoms with E-state index in [2.05, 4.69) is 12.2 Å². The van der Waals surface area contributed by atoms with Crippen LogP contribution in [0.4, 0.5) is 5.69 Å². The van der Waals surface area contributed by atoms with Crippen molar-refractivity contribution in [1.29, 1.82) is 0 Å². The second-order valence-electron chi connectivity index (χ2n) is 7.39. The molecule has 0 bridgehead atoms. The van der Waals surface area contributed by atoms with Crippen molar-refractivity contribution < 1.29 is 13.2 Å². The van der Waals surface area contributed by atoms with Crippen molar-refractivity contribution in [3.63, 3.8) is 0 Å². The van der Waals surface area contributed by atoms with Gasteiger partial charge < -0.3 is 10.2 Å². The van der Waals surface area contributed by atoms with Crippen LogP contribution in [-0.2, 0) is 21.2 Å². The summed E-state index contributed by atoms with van der Waals surface area (Å²) in [6.45, 7) is 8.68. The van der Waals surface area contributed by atoms with Gasteiger partial charge in [0.25, 0.3) is 0 Å². The van der Waals surface area contributed by atoms with Gasteiger partial charge in [-0.05, 0) is 69.0 Å². The SMILES string of the molecule is CCNCC1CCN(S(=O)(=O)c2ccc3c(c2)CC(C)N3C(C)=O)CC1.Cl. The van der Waals surface area contributed by atoms with Gasteiger partial charge in [0.1, 0.15) is 0 Å². The lowest BCUT2D eigenvalue weighted by Crippen LogP contribution is -2.40. The molecule has 1 N–H and O–H groups in total. The zero-order chi connectivity index (χ0) is 18.9. The Balaban J connectivity index is 0.00000261. The van der Waals surface area contributed by atoms with Gasteiger partial charge in [-0.3, -0.25) is 4.79 Å². The summed E-state index contributed by atoms with van der Waals surface area (Å²) >= 11 is 0. The number of fused-ring (bicyclic) bond motifs is 1. The molecule has 0 aliphatic carbocycles. The van der Waals surface area contributed by atoms with Gasteiger partial charge >= 0.3 is 0 Å². The molecule has 3 rings (SSSR count). The molecule has 0 aromatic heterocycles. The van der Waals surface area contributed by atoms with Crippen LogP contribution in [0.1, 0.15) is 39.2 Å². The van der Waals surface area contributed by atoms with E-state index in [4.69, 9.17) is 0 Å². The van der Waals surface area contributed by atoms with Crippen molar-refractivity contribution in [1.82, 2.24) is 9.62 Å². The molecule has 1 amide bonds. The molecule has 152 valence electrons. The molecule has 8 heteroatoms. The van der Waals surface area contributed by atoms with Crippen LogP contribution in [-0.4, -0.2) is 50.9 Å². The van der Waals surface area contributed by atoms with Gasteiger partial charge in [-0.1, -0.05) is 6.92 Å². The van der Waals surface area contributed by atoms with E-state index in [-0.39, 0.29) is 24.4 Å². The highest BCUT2D eigenvalue weighted by atomic mass is 35.5. The van der Waals surface area contributed by atoms with E-state index in [0.717, 1.165) is 37.2 Å². The average Bonchev–Trinajstić information content (AvgIpc) is 2.95. The van der Waals surface area contributed by atoms with Crippen LogP contribution in [0.2, 0.25) is 0 Å². The van der Waals surface area contributed by atoms with E-state index in [0.29, 0.717) is 30.3 Å². The Labute approximate surface area is 168 Å². The van der Waals surface area contributed by atoms with Crippen LogP contribution >= 0.6 is 12.4 Å². The van der Waals surface area contributed by atoms with Gasteiger partial charge in [0, 0.05) is 31.7 Å². The summed E-state index contributed by atoms with van der Waals surface area (Å²) in [5, 5.41) is 3.35. The topological polar surface area (TPSA) is 69.7 Å². The third-order valence-corrected chi connectivity index (χ3v) is 7.39. The molecule has 2 aliphatic rings. The van der Waals surface area contributed by atoms with Crippen molar-refractivity contribution in [2.75, 3.05) is 31.1 Å². The average molecular weight is 416 g/mol. The molecule has 0 saturated carbocycles. The number of anilines is 1. The first kappa shape index (κ1) is 22.1. The smallest absolute Gasteiger partial charge is 0.243 e. The summed E-state index contributed by atoms with van der Waals surface area (Å²) in [5.41, 5.74) is 1.78. The molecule has 2 aliphatic heterocycles. The van der Waals surface area contributed by atoms with Crippen molar-refractivity contribution in [2.45, 2.75) is 51.0 Å². The van der Waals surface area contributed by atoms with Crippen molar-refractivity contribution >= 4 is 34.0 Å². The summed E-state index contributed by atoms with van der Waals surface area (Å²) in [7, 11) is -3.47. The van der Waals surface area contributed by atoms with Crippen LogP contribution in [0, 0.1) is 5.92 Å². The molecule has 6 nitrogen and oxygen atoms in total. The maximum absolute atomic E-state index is 13.0. The Bertz CT molecular complexity index is 776. The summed E-state index contributed by atoms with van der Waals surface area (Å²) < 4.78 is 27.7. The zero-order valence-electron chi connectivity index (χ0n) is 16.3. The lowest BCUT2D eigenvalue weighted by Gasteiger charge is -2.31. The molecule has 1 saturated heterocycles. The molecule has 1 fully saturated rings. The minimum atomic E-state index is -3.47. The molecule has 1 unspecified atom stereocenters. The number of carbonyl (C=O) groups excluding carboxylic acids is 1. The highest BCUT2D eigenvalue weighted by Crippen LogP contribution is 2.35. The predicted molar refractivity (Wildman–Crippen MR) is 110 cm³/mol. The monoisotopic (exact) mass is 415 g/mol. The molecular weight excluding hydrogens is 386 g/mol. The van der Waals surface area contributed by atoms with Crippen molar-refractivity contribution in [3.05, 3.63) is 23.8 Å². The van der Waals surface area contributed by atoms with Crippen LogP contribution in [0.25, 0.3) is 0 Å². The first-order valence-electron chi connectivity index (χ1n) is 9.48. The number of rotatable bonds is 5. The lowest BCUT2D eigenvalue weighted by atomic mass is 9.98. The largest absolute Gasteiger partial charge is 0.317 e. The Kier molecular flexibility index (Phi) is 7.30. The number of piperidine rings is 1. The first-order chi connectivity index (χ1) is 12.3. The Morgan fingerprint density at radius 3 is 2.52 bits per heavy atom. The summed E-state index contributed by atoms with van der Waals surface area (Å²) in [6.07, 6.45) is 2.49. The van der Waals surface area contributed by atoms with Gasteiger partial charge in [-0.25, -0.2) is 8.42 Å². The van der Waals surface area contributed by atoms with Crippen LogP contribution in [0.5, 0.6) is 0 Å². The number of benzene rings is 1. The number of carbonyl (C=O) groups is 1. The maximum atomic E-state index is 13.0. The molecule has 27 heavy (non-hydrogen) atoms. The molecular formula is C19H30ClN3O3S. The van der Waals surface area contributed by atoms with Crippen molar-refractivity contribution in [3.8, 4) is 0 Å². The van der Waals surface area contributed by atoms with Gasteiger partial charge in [0.2, 0.25) is 15.9 Å². The lowest BCUT2D eigenvalue weighted by molar-refractivity contribution is -0.116. The fraction of sp³-hybridized carbons (Fsp3) is 0.632. The normalized spacial score (nSPS) is 21.0. The van der Waals surface area contributed by atoms with Gasteiger partial charge in [0.15, 0.2) is 0 Å². The van der Waals surface area contributed by atoms with Gasteiger partial charge in [0.05, 0.1) is 4.90 Å². The van der Waals surface area contributed by atoms with E-state index < -0.39 is 10.0 Å². The summed E-state index contributed by atoms with van der Waals surface area (Å²) in [4.78, 5) is 13.9. The minimum Gasteiger partial charge on any atom is -0.317 e. The van der Waals surface area contributed by atoms with Crippen molar-refractivity contribution in [2.24, 2.45) is 5.92 Å². The number of nitrogens with one attached hydrogen (secondary N) is 1. The predicted octanol–water partition coefficient (Wildman–Crippen LogP) is 2.42. The Morgan fingerprint density at radius 2 is 1.93 bits per heavy atom. The zero-order valence-corrected chi connectivity index (χ0v) is 17.9. The van der Waals surface area contributed by atoms with Gasteiger partial charge in [-0.2, -0.15) is 4.31 Å².